The van der Waals surface area contributed by atoms with Gasteiger partial charge in [-0.1, -0.05) is 11.6 Å². The molecule has 0 bridgehead atoms. The number of nitrogens with zero attached hydrogens (tertiary/aromatic N) is 1. The Morgan fingerprint density at radius 1 is 1.25 bits per heavy atom. The summed E-state index contributed by atoms with van der Waals surface area (Å²) < 4.78 is 50.4. The van der Waals surface area contributed by atoms with Crippen LogP contribution in [0.15, 0.2) is 24.3 Å². The minimum Gasteiger partial charge on any atom is -0.480 e. The number of hydrogen-bond acceptors (Lipinski definition) is 2. The van der Waals surface area contributed by atoms with E-state index in [-0.39, 0.29) is 15.6 Å². The van der Waals surface area contributed by atoms with Crippen molar-refractivity contribution in [3.63, 3.8) is 0 Å². The molecule has 0 atom stereocenters. The van der Waals surface area contributed by atoms with Crippen LogP contribution in [0.5, 0.6) is 0 Å². The average Bonchev–Trinajstić information content (AvgIpc) is 2.35. The molecule has 1 aromatic rings. The lowest BCUT2D eigenvalue weighted by Gasteiger charge is -2.25. The Balaban J connectivity index is 3.16. The maximum absolute atomic E-state index is 13.0. The number of halogens is 5. The molecule has 20 heavy (non-hydrogen) atoms. The van der Waals surface area contributed by atoms with Crippen LogP contribution in [-0.4, -0.2) is 35.9 Å². The van der Waals surface area contributed by atoms with Gasteiger partial charge in [0.1, 0.15) is 6.54 Å². The molecule has 0 aromatic heterocycles. The lowest BCUT2D eigenvalue weighted by molar-refractivity contribution is -0.167. The van der Waals surface area contributed by atoms with Crippen LogP contribution in [0.3, 0.4) is 0 Å². The monoisotopic (exact) mass is 313 g/mol. The van der Waals surface area contributed by atoms with Gasteiger partial charge in [0, 0.05) is 10.7 Å². The third kappa shape index (κ3) is 3.60. The minimum absolute atomic E-state index is 0.0603. The molecule has 0 aliphatic rings. The molecular formula is C11H8ClF4NO3. The number of aliphatic carboxylic acids is 1. The van der Waals surface area contributed by atoms with E-state index in [0.29, 0.717) is 0 Å². The Morgan fingerprint density at radius 3 is 2.15 bits per heavy atom. The van der Waals surface area contributed by atoms with E-state index in [0.717, 1.165) is 12.1 Å². The van der Waals surface area contributed by atoms with Gasteiger partial charge in [-0.3, -0.25) is 14.5 Å². The third-order valence-corrected chi connectivity index (χ3v) is 2.49. The van der Waals surface area contributed by atoms with Gasteiger partial charge in [0.15, 0.2) is 0 Å². The largest absolute Gasteiger partial charge is 0.480 e. The fourth-order valence-electron chi connectivity index (χ4n) is 1.31. The number of carbonyl (C=O) groups is 2. The molecule has 0 aliphatic heterocycles. The highest BCUT2D eigenvalue weighted by Gasteiger charge is 2.51. The molecule has 1 aromatic carbocycles. The van der Waals surface area contributed by atoms with E-state index in [2.05, 4.69) is 0 Å². The highest BCUT2D eigenvalue weighted by molar-refractivity contribution is 6.30. The SMILES string of the molecule is O=C(O)CN(C(=O)C(F)(F)C(F)F)c1ccc(Cl)cc1. The van der Waals surface area contributed by atoms with Crippen molar-refractivity contribution < 1.29 is 32.3 Å². The van der Waals surface area contributed by atoms with Crippen molar-refractivity contribution in [2.45, 2.75) is 12.3 Å². The maximum atomic E-state index is 13.0. The third-order valence-electron chi connectivity index (χ3n) is 2.24. The number of alkyl halides is 4. The number of amides is 1. The summed E-state index contributed by atoms with van der Waals surface area (Å²) >= 11 is 5.55. The van der Waals surface area contributed by atoms with Crippen LogP contribution < -0.4 is 4.90 Å². The summed E-state index contributed by atoms with van der Waals surface area (Å²) in [5.74, 6) is -8.90. The van der Waals surface area contributed by atoms with Crippen molar-refractivity contribution in [2.75, 3.05) is 11.4 Å². The van der Waals surface area contributed by atoms with Gasteiger partial charge >= 0.3 is 24.2 Å². The molecule has 0 aliphatic carbocycles. The van der Waals surface area contributed by atoms with Gasteiger partial charge in [-0.2, -0.15) is 8.78 Å². The Labute approximate surface area is 115 Å². The van der Waals surface area contributed by atoms with Gasteiger partial charge in [0.05, 0.1) is 0 Å². The van der Waals surface area contributed by atoms with E-state index in [4.69, 9.17) is 16.7 Å². The van der Waals surface area contributed by atoms with E-state index in [1.165, 1.54) is 12.1 Å². The first-order chi connectivity index (χ1) is 9.16. The average molecular weight is 314 g/mol. The van der Waals surface area contributed by atoms with Crippen LogP contribution in [0.2, 0.25) is 5.02 Å². The van der Waals surface area contributed by atoms with Gasteiger partial charge in [0.2, 0.25) is 0 Å². The molecule has 0 unspecified atom stereocenters. The molecule has 0 heterocycles. The first kappa shape index (κ1) is 16.2. The molecule has 1 rings (SSSR count). The van der Waals surface area contributed by atoms with Crippen LogP contribution in [0.4, 0.5) is 23.2 Å². The molecule has 0 saturated carbocycles. The van der Waals surface area contributed by atoms with Gasteiger partial charge in [-0.25, -0.2) is 8.78 Å². The second-order valence-electron chi connectivity index (χ2n) is 3.69. The van der Waals surface area contributed by atoms with Crippen LogP contribution in [0.25, 0.3) is 0 Å². The smallest absolute Gasteiger partial charge is 0.384 e. The molecule has 1 amide bonds. The molecule has 0 spiro atoms. The van der Waals surface area contributed by atoms with Gasteiger partial charge in [0.25, 0.3) is 0 Å². The van der Waals surface area contributed by atoms with Crippen LogP contribution in [-0.2, 0) is 9.59 Å². The highest BCUT2D eigenvalue weighted by Crippen LogP contribution is 2.28. The van der Waals surface area contributed by atoms with Crippen molar-refractivity contribution in [2.24, 2.45) is 0 Å². The molecule has 0 saturated heterocycles. The number of carbonyl (C=O) groups excluding carboxylic acids is 1. The van der Waals surface area contributed by atoms with E-state index < -0.39 is 30.8 Å². The minimum atomic E-state index is -4.98. The van der Waals surface area contributed by atoms with Crippen molar-refractivity contribution in [3.8, 4) is 0 Å². The zero-order valence-corrected chi connectivity index (χ0v) is 10.5. The fraction of sp³-hybridized carbons (Fsp3) is 0.273. The summed E-state index contributed by atoms with van der Waals surface area (Å²) in [5.41, 5.74) is -0.276. The molecule has 110 valence electrons. The predicted molar refractivity (Wildman–Crippen MR) is 62.4 cm³/mol. The second-order valence-corrected chi connectivity index (χ2v) is 4.12. The van der Waals surface area contributed by atoms with Crippen LogP contribution in [0.1, 0.15) is 0 Å². The number of hydrogen-bond donors (Lipinski definition) is 1. The Morgan fingerprint density at radius 2 is 1.75 bits per heavy atom. The zero-order chi connectivity index (χ0) is 15.5. The predicted octanol–water partition coefficient (Wildman–Crippen LogP) is 2.66. The Hall–Kier alpha value is -1.83. The Kier molecular flexibility index (Phi) is 4.93. The fourth-order valence-corrected chi connectivity index (χ4v) is 1.44. The van der Waals surface area contributed by atoms with E-state index in [9.17, 15) is 27.2 Å². The zero-order valence-electron chi connectivity index (χ0n) is 9.69. The maximum Gasteiger partial charge on any atom is 0.384 e. The normalized spacial score (nSPS) is 11.5. The quantitative estimate of drug-likeness (QED) is 0.850. The van der Waals surface area contributed by atoms with Crippen molar-refractivity contribution >= 4 is 29.2 Å². The molecule has 4 nitrogen and oxygen atoms in total. The van der Waals surface area contributed by atoms with Crippen LogP contribution in [0, 0.1) is 0 Å². The standard InChI is InChI=1S/C11H8ClF4NO3/c12-6-1-3-7(4-2-6)17(5-8(18)19)10(20)11(15,16)9(13)14/h1-4,9H,5H2,(H,18,19). The summed E-state index contributed by atoms with van der Waals surface area (Å²) in [5, 5.41) is 8.81. The first-order valence-corrected chi connectivity index (χ1v) is 5.49. The number of rotatable bonds is 5. The van der Waals surface area contributed by atoms with Crippen molar-refractivity contribution in [3.05, 3.63) is 29.3 Å². The highest BCUT2D eigenvalue weighted by atomic mass is 35.5. The van der Waals surface area contributed by atoms with Gasteiger partial charge < -0.3 is 5.11 Å². The number of anilines is 1. The lowest BCUT2D eigenvalue weighted by atomic mass is 10.2. The van der Waals surface area contributed by atoms with Crippen molar-refractivity contribution in [1.29, 1.82) is 0 Å². The van der Waals surface area contributed by atoms with E-state index in [1.807, 2.05) is 0 Å². The summed E-state index contributed by atoms with van der Waals surface area (Å²) in [6, 6.07) is 4.56. The first-order valence-electron chi connectivity index (χ1n) is 5.11. The summed E-state index contributed by atoms with van der Waals surface area (Å²) in [6.45, 7) is -1.18. The van der Waals surface area contributed by atoms with E-state index >= 15 is 0 Å². The molecular weight excluding hydrogens is 306 g/mol. The van der Waals surface area contributed by atoms with Gasteiger partial charge in [-0.15, -0.1) is 0 Å². The molecule has 0 radical (unpaired) electrons. The topological polar surface area (TPSA) is 57.6 Å². The van der Waals surface area contributed by atoms with Gasteiger partial charge in [-0.05, 0) is 24.3 Å². The van der Waals surface area contributed by atoms with Crippen molar-refractivity contribution in [1.82, 2.24) is 0 Å². The molecule has 1 N–H and O–H groups in total. The summed E-state index contributed by atoms with van der Waals surface area (Å²) in [7, 11) is 0. The Bertz CT molecular complexity index is 507. The molecule has 9 heteroatoms. The number of carboxylic acid groups (broad SMARTS) is 1. The summed E-state index contributed by atoms with van der Waals surface area (Å²) in [6.07, 6.45) is -4.24. The van der Waals surface area contributed by atoms with E-state index in [1.54, 1.807) is 0 Å². The second kappa shape index (κ2) is 6.08. The summed E-state index contributed by atoms with van der Waals surface area (Å²) in [4.78, 5) is 22.1. The lowest BCUT2D eigenvalue weighted by Crippen LogP contribution is -2.49. The molecule has 0 fully saturated rings. The number of carboxylic acids is 1. The number of benzene rings is 1. The van der Waals surface area contributed by atoms with Crippen LogP contribution >= 0.6 is 11.6 Å².